The first-order valence-corrected chi connectivity index (χ1v) is 11.4. The number of hydrogen-bond donors (Lipinski definition) is 0. The molecule has 7 heteroatoms. The van der Waals surface area contributed by atoms with Crippen molar-refractivity contribution < 1.29 is 13.1 Å². The van der Waals surface area contributed by atoms with Crippen molar-refractivity contribution in [1.29, 1.82) is 0 Å². The minimum absolute atomic E-state index is 0.194. The minimum atomic E-state index is 0.194. The molecule has 1 aromatic heterocycles. The van der Waals surface area contributed by atoms with Crippen LogP contribution in [0.1, 0.15) is 37.8 Å². The number of nitrogens with zero attached hydrogens (tertiary/aromatic N) is 4. The predicted molar refractivity (Wildman–Crippen MR) is 104 cm³/mol. The molecule has 1 aliphatic heterocycles. The van der Waals surface area contributed by atoms with Gasteiger partial charge in [0.1, 0.15) is 0 Å². The molecule has 25 heavy (non-hydrogen) atoms. The van der Waals surface area contributed by atoms with Gasteiger partial charge in [0, 0.05) is 25.2 Å². The summed E-state index contributed by atoms with van der Waals surface area (Å²) < 4.78 is 0. The van der Waals surface area contributed by atoms with Crippen molar-refractivity contribution in [2.45, 2.75) is 44.2 Å². The van der Waals surface area contributed by atoms with E-state index in [9.17, 15) is 0 Å². The normalized spacial score (nSPS) is 23.5. The number of dihydropyridines is 1. The van der Waals surface area contributed by atoms with Crippen LogP contribution in [0.2, 0.25) is 0 Å². The fourth-order valence-electron chi connectivity index (χ4n) is 2.84. The molecule has 136 valence electrons. The van der Waals surface area contributed by atoms with E-state index in [0.29, 0.717) is 0 Å². The van der Waals surface area contributed by atoms with Crippen LogP contribution in [0.4, 0.5) is 0 Å². The zero-order chi connectivity index (χ0) is 17.7. The molecule has 0 radical (unpaired) electrons. The van der Waals surface area contributed by atoms with E-state index in [1.165, 1.54) is 12.8 Å². The van der Waals surface area contributed by atoms with Crippen molar-refractivity contribution in [3.05, 3.63) is 42.2 Å². The summed E-state index contributed by atoms with van der Waals surface area (Å²) in [7, 11) is 9.53. The Balaban J connectivity index is 0.000000701. The van der Waals surface area contributed by atoms with E-state index in [1.807, 2.05) is 30.6 Å². The van der Waals surface area contributed by atoms with Crippen LogP contribution in [0.15, 0.2) is 51.5 Å². The van der Waals surface area contributed by atoms with Crippen LogP contribution in [0.5, 0.6) is 0 Å². The molecule has 2 heterocycles. The second kappa shape index (κ2) is 12.4. The number of halogens is 2. The van der Waals surface area contributed by atoms with Crippen LogP contribution in [0.3, 0.4) is 0 Å². The van der Waals surface area contributed by atoms with Gasteiger partial charge in [0.25, 0.3) is 0 Å². The Morgan fingerprint density at radius 3 is 2.40 bits per heavy atom. The van der Waals surface area contributed by atoms with Gasteiger partial charge in [-0.2, -0.15) is 0 Å². The Kier molecular flexibility index (Phi) is 10.0. The van der Waals surface area contributed by atoms with E-state index in [0.717, 1.165) is 37.2 Å². The quantitative estimate of drug-likeness (QED) is 0.516. The summed E-state index contributed by atoms with van der Waals surface area (Å²) in [6.45, 7) is 0.879. The molecule has 4 nitrogen and oxygen atoms in total. The maximum absolute atomic E-state index is 4.76. The van der Waals surface area contributed by atoms with E-state index in [4.69, 9.17) is 30.2 Å². The number of rotatable bonds is 4. The van der Waals surface area contributed by atoms with Gasteiger partial charge in [0.2, 0.25) is 0 Å². The molecule has 0 unspecified atom stereocenters. The van der Waals surface area contributed by atoms with Gasteiger partial charge in [0.05, 0.1) is 23.5 Å². The molecule has 1 aliphatic carbocycles. The molecule has 0 spiro atoms. The first-order valence-electron chi connectivity index (χ1n) is 8.37. The Morgan fingerprint density at radius 1 is 1.08 bits per heavy atom. The summed E-state index contributed by atoms with van der Waals surface area (Å²) in [6.07, 6.45) is 15.5. The average molecular weight is 421 g/mol. The molecule has 0 amide bonds. The van der Waals surface area contributed by atoms with Gasteiger partial charge < -0.3 is 0 Å². The number of aliphatic imine (C=N–C) groups is 3. The topological polar surface area (TPSA) is 50.0 Å². The monoisotopic (exact) mass is 420 g/mol. The number of allylic oxidation sites excluding steroid dienone is 1. The SMILES string of the molecule is C1=CC(C=N[C@H]2CCCC[C@@H]2N=Cc2ccccn2)=NCC1.[Cl][Fe][Cl]. The number of aromatic nitrogens is 1. The van der Waals surface area contributed by atoms with Gasteiger partial charge in [-0.05, 0) is 37.5 Å². The molecule has 0 saturated heterocycles. The summed E-state index contributed by atoms with van der Waals surface area (Å²) in [4.78, 5) is 18.3. The maximum atomic E-state index is 4.76. The summed E-state index contributed by atoms with van der Waals surface area (Å²) in [5, 5.41) is 0. The van der Waals surface area contributed by atoms with Crippen molar-refractivity contribution in [3.63, 3.8) is 0 Å². The molecule has 1 saturated carbocycles. The van der Waals surface area contributed by atoms with E-state index >= 15 is 0 Å². The Labute approximate surface area is 164 Å². The van der Waals surface area contributed by atoms with Gasteiger partial charge >= 0.3 is 33.3 Å². The van der Waals surface area contributed by atoms with Gasteiger partial charge in [-0.25, -0.2) is 0 Å². The Morgan fingerprint density at radius 2 is 1.80 bits per heavy atom. The average Bonchev–Trinajstić information content (AvgIpc) is 2.68. The van der Waals surface area contributed by atoms with Crippen LogP contribution < -0.4 is 0 Å². The van der Waals surface area contributed by atoms with Crippen LogP contribution in [0, 0.1) is 0 Å². The molecule has 1 fully saturated rings. The zero-order valence-corrected chi connectivity index (χ0v) is 16.5. The van der Waals surface area contributed by atoms with E-state index in [1.54, 1.807) is 6.20 Å². The third-order valence-corrected chi connectivity index (χ3v) is 4.06. The molecule has 2 atom stereocenters. The van der Waals surface area contributed by atoms with Crippen molar-refractivity contribution in [1.82, 2.24) is 4.98 Å². The first kappa shape index (κ1) is 20.3. The fraction of sp³-hybridized carbons (Fsp3) is 0.444. The molecule has 0 aromatic carbocycles. The second-order valence-electron chi connectivity index (χ2n) is 5.78. The number of hydrogen-bond acceptors (Lipinski definition) is 4. The molecule has 3 rings (SSSR count). The van der Waals surface area contributed by atoms with Gasteiger partial charge in [-0.3, -0.25) is 20.0 Å². The van der Waals surface area contributed by atoms with Crippen molar-refractivity contribution in [3.8, 4) is 0 Å². The van der Waals surface area contributed by atoms with Gasteiger partial charge in [-0.1, -0.05) is 25.0 Å². The van der Waals surface area contributed by atoms with E-state index in [-0.39, 0.29) is 25.2 Å². The van der Waals surface area contributed by atoms with Crippen LogP contribution in [-0.4, -0.2) is 41.8 Å². The zero-order valence-electron chi connectivity index (χ0n) is 13.9. The van der Waals surface area contributed by atoms with Crippen molar-refractivity contribution in [2.75, 3.05) is 6.54 Å². The summed E-state index contributed by atoms with van der Waals surface area (Å²) in [5.74, 6) is 0. The van der Waals surface area contributed by atoms with Gasteiger partial charge in [-0.15, -0.1) is 0 Å². The standard InChI is InChI=1S/C18H22N4.2ClH.Fe/c1-2-10-18(22-14-16-8-4-6-12-20-16)17(9-1)21-13-15-7-3-5-11-19-15;;;/h3-5,7-8,11,13-14,17-18H,1-2,6,9-10,12H2;2*1H;/q;;;+2/p-2/t17-,18-;;;/m0.../s1. The van der Waals surface area contributed by atoms with E-state index < -0.39 is 0 Å². The van der Waals surface area contributed by atoms with E-state index in [2.05, 4.69) is 22.1 Å². The third kappa shape index (κ3) is 7.83. The molecule has 2 aliphatic rings. The second-order valence-corrected chi connectivity index (χ2v) is 7.60. The number of pyridine rings is 1. The van der Waals surface area contributed by atoms with Crippen LogP contribution in [-0.2, 0) is 13.1 Å². The summed E-state index contributed by atoms with van der Waals surface area (Å²) in [6, 6.07) is 6.42. The van der Waals surface area contributed by atoms with Crippen LogP contribution >= 0.6 is 20.2 Å². The van der Waals surface area contributed by atoms with Gasteiger partial charge in [0.15, 0.2) is 0 Å². The fourth-order valence-corrected chi connectivity index (χ4v) is 2.84. The van der Waals surface area contributed by atoms with Crippen LogP contribution in [0.25, 0.3) is 0 Å². The molecule has 0 N–H and O–H groups in total. The molecule has 0 bridgehead atoms. The molecular formula is C18H22Cl2FeN4. The van der Waals surface area contributed by atoms with Crippen molar-refractivity contribution in [2.24, 2.45) is 15.0 Å². The summed E-state index contributed by atoms with van der Waals surface area (Å²) in [5.41, 5.74) is 1.90. The third-order valence-electron chi connectivity index (χ3n) is 4.06. The molecule has 1 aromatic rings. The molecular weight excluding hydrogens is 399 g/mol. The van der Waals surface area contributed by atoms with Crippen molar-refractivity contribution >= 4 is 38.3 Å². The summed E-state index contributed by atoms with van der Waals surface area (Å²) >= 11 is 0.194. The first-order chi connectivity index (χ1) is 12.3. The Hall–Kier alpha value is -1.00. The predicted octanol–water partition coefficient (Wildman–Crippen LogP) is 4.66. The Bertz CT molecular complexity index is 617.